The van der Waals surface area contributed by atoms with E-state index < -0.39 is 6.10 Å². The molecule has 0 aromatic rings. The van der Waals surface area contributed by atoms with Crippen LogP contribution in [0.5, 0.6) is 0 Å². The summed E-state index contributed by atoms with van der Waals surface area (Å²) in [5.74, 6) is -0.885. The molecule has 1 atom stereocenters. The molecular formula is C59H106O6. The zero-order chi connectivity index (χ0) is 47.2. The Balaban J connectivity index is 4.35. The highest BCUT2D eigenvalue weighted by Crippen LogP contribution is 2.15. The van der Waals surface area contributed by atoms with E-state index in [0.29, 0.717) is 19.3 Å². The van der Waals surface area contributed by atoms with Crippen molar-refractivity contribution in [2.45, 2.75) is 297 Å². The van der Waals surface area contributed by atoms with E-state index in [-0.39, 0.29) is 31.1 Å². The summed E-state index contributed by atoms with van der Waals surface area (Å²) >= 11 is 0. The smallest absolute Gasteiger partial charge is 0.306 e. The molecule has 0 aliphatic carbocycles. The van der Waals surface area contributed by atoms with E-state index in [4.69, 9.17) is 14.2 Å². The maximum atomic E-state index is 12.8. The number of carbonyl (C=O) groups excluding carboxylic acids is 3. The number of hydrogen-bond acceptors (Lipinski definition) is 6. The maximum absolute atomic E-state index is 12.8. The van der Waals surface area contributed by atoms with E-state index in [1.54, 1.807) is 0 Å². The van der Waals surface area contributed by atoms with Gasteiger partial charge in [0.15, 0.2) is 6.10 Å². The number of unbranched alkanes of at least 4 members (excludes halogenated alkanes) is 32. The highest BCUT2D eigenvalue weighted by atomic mass is 16.6. The summed E-state index contributed by atoms with van der Waals surface area (Å²) in [5, 5.41) is 0. The van der Waals surface area contributed by atoms with Crippen LogP contribution in [0.4, 0.5) is 0 Å². The molecule has 0 aliphatic heterocycles. The van der Waals surface area contributed by atoms with E-state index in [9.17, 15) is 14.4 Å². The number of rotatable bonds is 51. The summed E-state index contributed by atoms with van der Waals surface area (Å²) in [6.45, 7) is 6.60. The third kappa shape index (κ3) is 52.2. The topological polar surface area (TPSA) is 78.9 Å². The van der Waals surface area contributed by atoms with Gasteiger partial charge in [-0.1, -0.05) is 217 Å². The third-order valence-corrected chi connectivity index (χ3v) is 12.3. The van der Waals surface area contributed by atoms with Gasteiger partial charge < -0.3 is 14.2 Å². The van der Waals surface area contributed by atoms with Crippen molar-refractivity contribution in [3.8, 4) is 0 Å². The summed E-state index contributed by atoms with van der Waals surface area (Å²) in [5.41, 5.74) is 0. The molecule has 0 aromatic heterocycles. The Kier molecular flexibility index (Phi) is 51.8. The lowest BCUT2D eigenvalue weighted by Gasteiger charge is -2.18. The van der Waals surface area contributed by atoms with Gasteiger partial charge in [0, 0.05) is 19.3 Å². The summed E-state index contributed by atoms with van der Waals surface area (Å²) in [6.07, 6.45) is 65.2. The number of ether oxygens (including phenoxy) is 3. The second kappa shape index (κ2) is 54.0. The Hall–Kier alpha value is -2.63. The van der Waals surface area contributed by atoms with Gasteiger partial charge in [-0.2, -0.15) is 0 Å². The van der Waals surface area contributed by atoms with Crippen LogP contribution in [0.25, 0.3) is 0 Å². The van der Waals surface area contributed by atoms with Crippen molar-refractivity contribution in [3.63, 3.8) is 0 Å². The molecule has 0 aromatic carbocycles. The van der Waals surface area contributed by atoms with Crippen molar-refractivity contribution in [2.75, 3.05) is 13.2 Å². The summed E-state index contributed by atoms with van der Waals surface area (Å²) < 4.78 is 16.8. The fraction of sp³-hybridized carbons (Fsp3) is 0.814. The monoisotopic (exact) mass is 911 g/mol. The quantitative estimate of drug-likeness (QED) is 0.0262. The van der Waals surface area contributed by atoms with E-state index in [2.05, 4.69) is 69.4 Å². The molecule has 0 saturated heterocycles. The minimum Gasteiger partial charge on any atom is -0.462 e. The lowest BCUT2D eigenvalue weighted by Crippen LogP contribution is -2.30. The van der Waals surface area contributed by atoms with Crippen molar-refractivity contribution in [1.29, 1.82) is 0 Å². The van der Waals surface area contributed by atoms with Gasteiger partial charge in [0.05, 0.1) is 0 Å². The first kappa shape index (κ1) is 62.4. The Labute approximate surface area is 403 Å². The van der Waals surface area contributed by atoms with Crippen LogP contribution in [0.1, 0.15) is 290 Å². The summed E-state index contributed by atoms with van der Waals surface area (Å²) in [6, 6.07) is 0. The number of carbonyl (C=O) groups is 3. The van der Waals surface area contributed by atoms with Crippen molar-refractivity contribution >= 4 is 17.9 Å². The van der Waals surface area contributed by atoms with E-state index >= 15 is 0 Å². The number of hydrogen-bond donors (Lipinski definition) is 0. The van der Waals surface area contributed by atoms with Crippen molar-refractivity contribution in [3.05, 3.63) is 48.6 Å². The first-order chi connectivity index (χ1) is 32.0. The molecule has 0 heterocycles. The molecule has 0 saturated carbocycles. The molecule has 0 bridgehead atoms. The second-order valence-electron chi connectivity index (χ2n) is 18.8. The van der Waals surface area contributed by atoms with E-state index in [1.165, 1.54) is 180 Å². The van der Waals surface area contributed by atoms with Crippen molar-refractivity contribution in [2.24, 2.45) is 0 Å². The Morgan fingerprint density at radius 1 is 0.308 bits per heavy atom. The summed E-state index contributed by atoms with van der Waals surface area (Å²) in [4.78, 5) is 38.1. The largest absolute Gasteiger partial charge is 0.462 e. The Morgan fingerprint density at radius 3 is 0.892 bits per heavy atom. The van der Waals surface area contributed by atoms with Crippen LogP contribution in [0, 0.1) is 0 Å². The molecule has 0 radical (unpaired) electrons. The predicted molar refractivity (Wildman–Crippen MR) is 279 cm³/mol. The normalized spacial score (nSPS) is 12.4. The van der Waals surface area contributed by atoms with Gasteiger partial charge in [-0.25, -0.2) is 0 Å². The lowest BCUT2D eigenvalue weighted by atomic mass is 10.1. The van der Waals surface area contributed by atoms with Crippen molar-refractivity contribution < 1.29 is 28.6 Å². The van der Waals surface area contributed by atoms with Gasteiger partial charge in [0.25, 0.3) is 0 Å². The number of esters is 3. The van der Waals surface area contributed by atoms with Gasteiger partial charge in [0.2, 0.25) is 0 Å². The first-order valence-electron chi connectivity index (χ1n) is 28.1. The zero-order valence-electron chi connectivity index (χ0n) is 43.3. The van der Waals surface area contributed by atoms with Gasteiger partial charge in [-0.15, -0.1) is 0 Å². The van der Waals surface area contributed by atoms with E-state index in [0.717, 1.165) is 70.6 Å². The molecule has 65 heavy (non-hydrogen) atoms. The Morgan fingerprint density at radius 2 is 0.554 bits per heavy atom. The zero-order valence-corrected chi connectivity index (χ0v) is 43.3. The van der Waals surface area contributed by atoms with Crippen LogP contribution in [-0.4, -0.2) is 37.2 Å². The first-order valence-corrected chi connectivity index (χ1v) is 28.1. The molecule has 0 N–H and O–H groups in total. The van der Waals surface area contributed by atoms with Gasteiger partial charge in [-0.05, 0) is 103 Å². The molecule has 0 spiro atoms. The minimum atomic E-state index is -0.779. The Bertz CT molecular complexity index is 1140. The third-order valence-electron chi connectivity index (χ3n) is 12.3. The second-order valence-corrected chi connectivity index (χ2v) is 18.8. The summed E-state index contributed by atoms with van der Waals surface area (Å²) in [7, 11) is 0. The van der Waals surface area contributed by atoms with Crippen LogP contribution >= 0.6 is 0 Å². The molecule has 0 unspecified atom stereocenters. The average Bonchev–Trinajstić information content (AvgIpc) is 3.30. The van der Waals surface area contributed by atoms with Crippen LogP contribution in [0.3, 0.4) is 0 Å². The van der Waals surface area contributed by atoms with Gasteiger partial charge in [-0.3, -0.25) is 14.4 Å². The molecular weight excluding hydrogens is 805 g/mol. The standard InChI is InChI=1S/C59H106O6/c1-4-7-10-13-16-19-22-25-27-28-29-30-32-34-37-40-43-46-49-52-58(61)64-55-56(54-63-57(60)51-48-45-42-39-36-33-24-21-18-15-12-9-6-3)65-59(62)53-50-47-44-41-38-35-31-26-23-20-17-14-11-8-5-2/h16,19-21,23-25,27,56H,4-15,17-18,22,26,28-55H2,1-3H3/b19-16-,23-20-,24-21-,27-25-/t56-/m0/s1. The van der Waals surface area contributed by atoms with Gasteiger partial charge in [0.1, 0.15) is 13.2 Å². The van der Waals surface area contributed by atoms with Crippen LogP contribution in [0.2, 0.25) is 0 Å². The maximum Gasteiger partial charge on any atom is 0.306 e. The molecule has 0 amide bonds. The molecule has 0 rings (SSSR count). The molecule has 0 fully saturated rings. The van der Waals surface area contributed by atoms with Crippen LogP contribution in [-0.2, 0) is 28.6 Å². The SMILES string of the molecule is CCCCC/C=C\C/C=C\CCCCCCCCCCCC(=O)OC[C@H](COC(=O)CCCCCCC/C=C\CCCCCC)OC(=O)CCCCCCCCC/C=C\CCCCCC. The van der Waals surface area contributed by atoms with Crippen LogP contribution < -0.4 is 0 Å². The average molecular weight is 911 g/mol. The molecule has 6 heteroatoms. The van der Waals surface area contributed by atoms with Crippen molar-refractivity contribution in [1.82, 2.24) is 0 Å². The highest BCUT2D eigenvalue weighted by Gasteiger charge is 2.19. The minimum absolute atomic E-state index is 0.0783. The molecule has 378 valence electrons. The molecule has 6 nitrogen and oxygen atoms in total. The fourth-order valence-electron chi connectivity index (χ4n) is 7.99. The molecule has 0 aliphatic rings. The van der Waals surface area contributed by atoms with Crippen LogP contribution in [0.15, 0.2) is 48.6 Å². The van der Waals surface area contributed by atoms with E-state index in [1.807, 2.05) is 0 Å². The van der Waals surface area contributed by atoms with Gasteiger partial charge >= 0.3 is 17.9 Å². The lowest BCUT2D eigenvalue weighted by molar-refractivity contribution is -0.167. The number of allylic oxidation sites excluding steroid dienone is 8. The predicted octanol–water partition coefficient (Wildman–Crippen LogP) is 18.7. The highest BCUT2D eigenvalue weighted by molar-refractivity contribution is 5.71. The fourth-order valence-corrected chi connectivity index (χ4v) is 7.99.